The molecule has 2 N–H and O–H groups in total. The van der Waals surface area contributed by atoms with Crippen molar-refractivity contribution in [3.05, 3.63) is 0 Å². The van der Waals surface area contributed by atoms with Gasteiger partial charge in [-0.3, -0.25) is 4.79 Å². The average molecular weight is 512 g/mol. The van der Waals surface area contributed by atoms with Crippen molar-refractivity contribution in [1.29, 1.82) is 0 Å². The second-order valence-electron chi connectivity index (χ2n) is 8.37. The number of aliphatic imine (C=N–C) groups is 1. The summed E-state index contributed by atoms with van der Waals surface area (Å²) in [4.78, 5) is 17.9. The lowest BCUT2D eigenvalue weighted by molar-refractivity contribution is -0.127. The number of carbonyl (C=O) groups is 1. The number of amides is 1. The summed E-state index contributed by atoms with van der Waals surface area (Å²) in [5, 5.41) is 6.74. The van der Waals surface area contributed by atoms with Crippen molar-refractivity contribution in [2.75, 3.05) is 53.6 Å². The average Bonchev–Trinajstić information content (AvgIpc) is 2.62. The van der Waals surface area contributed by atoms with Gasteiger partial charge in [-0.15, -0.1) is 24.0 Å². The van der Waals surface area contributed by atoms with Crippen LogP contribution >= 0.6 is 24.0 Å². The lowest BCUT2D eigenvalue weighted by Crippen LogP contribution is -2.48. The molecule has 1 rings (SSSR count). The minimum absolute atomic E-state index is 0. The molecule has 0 aliphatic carbocycles. The Bertz CT molecular complexity index is 467. The fraction of sp³-hybridized carbons (Fsp3) is 0.900. The summed E-state index contributed by atoms with van der Waals surface area (Å²) in [6, 6.07) is 0. The van der Waals surface area contributed by atoms with Crippen LogP contribution in [0, 0.1) is 11.3 Å². The first-order valence-electron chi connectivity index (χ1n) is 10.2. The molecule has 8 heteroatoms. The smallest absolute Gasteiger partial charge is 0.243 e. The van der Waals surface area contributed by atoms with Crippen LogP contribution in [0.3, 0.4) is 0 Å². The molecule has 1 saturated heterocycles. The molecular formula is C20H41IN4O3. The zero-order chi connectivity index (χ0) is 20.3. The summed E-state index contributed by atoms with van der Waals surface area (Å²) >= 11 is 0. The van der Waals surface area contributed by atoms with Crippen LogP contribution in [0.4, 0.5) is 0 Å². The van der Waals surface area contributed by atoms with Crippen LogP contribution in [-0.4, -0.2) is 76.4 Å². The van der Waals surface area contributed by atoms with Gasteiger partial charge in [0.05, 0.1) is 6.10 Å². The van der Waals surface area contributed by atoms with Gasteiger partial charge in [-0.1, -0.05) is 20.8 Å². The van der Waals surface area contributed by atoms with Crippen LogP contribution in [-0.2, 0) is 14.3 Å². The van der Waals surface area contributed by atoms with Gasteiger partial charge in [0, 0.05) is 52.9 Å². The van der Waals surface area contributed by atoms with E-state index in [1.54, 1.807) is 19.0 Å². The predicted molar refractivity (Wildman–Crippen MR) is 125 cm³/mol. The molecule has 7 nitrogen and oxygen atoms in total. The first kappa shape index (κ1) is 27.4. The molecule has 1 amide bonds. The first-order valence-corrected chi connectivity index (χ1v) is 10.2. The van der Waals surface area contributed by atoms with Crippen molar-refractivity contribution in [1.82, 2.24) is 15.5 Å². The van der Waals surface area contributed by atoms with Crippen molar-refractivity contribution in [2.45, 2.75) is 53.1 Å². The van der Waals surface area contributed by atoms with E-state index >= 15 is 0 Å². The van der Waals surface area contributed by atoms with Crippen LogP contribution in [0.15, 0.2) is 4.99 Å². The highest BCUT2D eigenvalue weighted by molar-refractivity contribution is 14.0. The molecule has 0 radical (unpaired) electrons. The molecule has 1 aliphatic rings. The van der Waals surface area contributed by atoms with Crippen molar-refractivity contribution >= 4 is 35.8 Å². The van der Waals surface area contributed by atoms with Crippen LogP contribution in [0.1, 0.15) is 47.0 Å². The number of hydrogen-bond acceptors (Lipinski definition) is 4. The van der Waals surface area contributed by atoms with Gasteiger partial charge in [0.1, 0.15) is 6.54 Å². The largest absolute Gasteiger partial charge is 0.382 e. The Kier molecular flexibility index (Phi) is 14.1. The van der Waals surface area contributed by atoms with Gasteiger partial charge < -0.3 is 25.0 Å². The molecule has 2 unspecified atom stereocenters. The molecule has 0 aromatic rings. The van der Waals surface area contributed by atoms with E-state index in [0.717, 1.165) is 52.2 Å². The Morgan fingerprint density at radius 3 is 2.61 bits per heavy atom. The van der Waals surface area contributed by atoms with Crippen LogP contribution < -0.4 is 10.6 Å². The highest BCUT2D eigenvalue weighted by Crippen LogP contribution is 2.33. The zero-order valence-electron chi connectivity index (χ0n) is 18.5. The minimum atomic E-state index is -0.0148. The third-order valence-corrected chi connectivity index (χ3v) is 4.66. The molecule has 0 aromatic carbocycles. The second-order valence-corrected chi connectivity index (χ2v) is 8.37. The third kappa shape index (κ3) is 10.8. The maximum Gasteiger partial charge on any atom is 0.243 e. The summed E-state index contributed by atoms with van der Waals surface area (Å²) in [6.07, 6.45) is 3.35. The fourth-order valence-electron chi connectivity index (χ4n) is 3.23. The van der Waals surface area contributed by atoms with E-state index in [-0.39, 0.29) is 47.9 Å². The summed E-state index contributed by atoms with van der Waals surface area (Å²) in [6.45, 7) is 12.6. The van der Waals surface area contributed by atoms with E-state index < -0.39 is 0 Å². The van der Waals surface area contributed by atoms with Crippen molar-refractivity contribution in [3.63, 3.8) is 0 Å². The van der Waals surface area contributed by atoms with Gasteiger partial charge in [-0.2, -0.15) is 0 Å². The molecule has 1 aliphatic heterocycles. The van der Waals surface area contributed by atoms with Gasteiger partial charge in [0.25, 0.3) is 0 Å². The Hall–Kier alpha value is -0.610. The number of nitrogens with one attached hydrogen (secondary N) is 2. The third-order valence-electron chi connectivity index (χ3n) is 4.66. The Morgan fingerprint density at radius 1 is 1.29 bits per heavy atom. The van der Waals surface area contributed by atoms with E-state index in [4.69, 9.17) is 9.47 Å². The van der Waals surface area contributed by atoms with E-state index in [1.807, 2.05) is 6.92 Å². The number of carbonyl (C=O) groups excluding carboxylic acids is 1. The lowest BCUT2D eigenvalue weighted by atomic mass is 9.78. The van der Waals surface area contributed by atoms with Crippen LogP contribution in [0.2, 0.25) is 0 Å². The Morgan fingerprint density at radius 2 is 2.00 bits per heavy atom. The van der Waals surface area contributed by atoms with Crippen molar-refractivity contribution in [3.8, 4) is 0 Å². The molecule has 0 aromatic heterocycles. The Labute approximate surface area is 188 Å². The molecule has 0 bridgehead atoms. The van der Waals surface area contributed by atoms with Gasteiger partial charge in [0.15, 0.2) is 5.96 Å². The van der Waals surface area contributed by atoms with Crippen molar-refractivity contribution < 1.29 is 14.3 Å². The highest BCUT2D eigenvalue weighted by atomic mass is 127. The number of likely N-dealkylation sites (N-methyl/N-ethyl adjacent to an activating group) is 1. The highest BCUT2D eigenvalue weighted by Gasteiger charge is 2.35. The summed E-state index contributed by atoms with van der Waals surface area (Å²) in [5.41, 5.74) is 0.107. The van der Waals surface area contributed by atoms with Crippen LogP contribution in [0.25, 0.3) is 0 Å². The maximum atomic E-state index is 11.9. The zero-order valence-corrected chi connectivity index (χ0v) is 20.9. The number of ether oxygens (including phenoxy) is 2. The molecule has 0 spiro atoms. The summed E-state index contributed by atoms with van der Waals surface area (Å²) in [7, 11) is 3.49. The van der Waals surface area contributed by atoms with E-state index in [9.17, 15) is 4.79 Å². The first-order chi connectivity index (χ1) is 12.8. The van der Waals surface area contributed by atoms with Gasteiger partial charge >= 0.3 is 0 Å². The topological polar surface area (TPSA) is 75.2 Å². The standard InChI is InChI=1S/C20H40N4O3.HI/c1-7-26-12-9-11-21-19(23-15-17(25)24(5)6)22-14-16-10-8-13-27-18(16)20(2,3)4;/h16,18H,7-15H2,1-6H3,(H2,21,22,23);1H. The molecule has 0 saturated carbocycles. The number of halogens is 1. The number of rotatable bonds is 9. The normalized spacial score (nSPS) is 20.3. The van der Waals surface area contributed by atoms with Gasteiger partial charge in [-0.05, 0) is 31.6 Å². The second kappa shape index (κ2) is 14.4. The van der Waals surface area contributed by atoms with Gasteiger partial charge in [-0.25, -0.2) is 4.99 Å². The molecule has 1 fully saturated rings. The molecule has 2 atom stereocenters. The Balaban J connectivity index is 0.00000729. The summed E-state index contributed by atoms with van der Waals surface area (Å²) in [5.74, 6) is 1.10. The maximum absolute atomic E-state index is 11.9. The molecule has 1 heterocycles. The van der Waals surface area contributed by atoms with E-state index in [0.29, 0.717) is 11.9 Å². The minimum Gasteiger partial charge on any atom is -0.382 e. The van der Waals surface area contributed by atoms with Crippen molar-refractivity contribution in [2.24, 2.45) is 16.3 Å². The summed E-state index contributed by atoms with van der Waals surface area (Å²) < 4.78 is 11.4. The van der Waals surface area contributed by atoms with Crippen LogP contribution in [0.5, 0.6) is 0 Å². The molecule has 166 valence electrons. The molecular weight excluding hydrogens is 471 g/mol. The van der Waals surface area contributed by atoms with Gasteiger partial charge in [0.2, 0.25) is 5.91 Å². The number of nitrogens with zero attached hydrogens (tertiary/aromatic N) is 2. The number of hydrogen-bond donors (Lipinski definition) is 2. The lowest BCUT2D eigenvalue weighted by Gasteiger charge is -2.40. The fourth-order valence-corrected chi connectivity index (χ4v) is 3.23. The molecule has 28 heavy (non-hydrogen) atoms. The monoisotopic (exact) mass is 512 g/mol. The van der Waals surface area contributed by atoms with E-state index in [1.165, 1.54) is 0 Å². The quantitative estimate of drug-likeness (QED) is 0.215. The number of guanidine groups is 1. The van der Waals surface area contributed by atoms with E-state index in [2.05, 4.69) is 36.4 Å². The SMILES string of the molecule is CCOCCCNC(=NCC(=O)N(C)C)NCC1CCCOC1C(C)(C)C.I. The predicted octanol–water partition coefficient (Wildman–Crippen LogP) is 2.50.